The number of hydrogen-bond acceptors (Lipinski definition) is 5. The molecule has 0 spiro atoms. The molecule has 0 aliphatic rings. The summed E-state index contributed by atoms with van der Waals surface area (Å²) >= 11 is 3.11. The molecular weight excluding hydrogens is 316 g/mol. The summed E-state index contributed by atoms with van der Waals surface area (Å²) in [6.07, 6.45) is 0. The molecule has 1 aromatic carbocycles. The number of aromatic hydroxyl groups is 1. The molecule has 0 atom stereocenters. The highest BCUT2D eigenvalue weighted by Crippen LogP contribution is 2.22. The average Bonchev–Trinajstić information content (AvgIpc) is 2.19. The first kappa shape index (κ1) is 13.9. The predicted octanol–water partition coefficient (Wildman–Crippen LogP) is 1.20. The molecule has 6 nitrogen and oxygen atoms in total. The number of rotatable bonds is 4. The summed E-state index contributed by atoms with van der Waals surface area (Å²) in [4.78, 5) is 11.4. The first-order valence-electron chi connectivity index (χ1n) is 4.40. The van der Waals surface area contributed by atoms with E-state index >= 15 is 0 Å². The number of esters is 1. The Hall–Kier alpha value is -1.12. The lowest BCUT2D eigenvalue weighted by Crippen LogP contribution is -2.14. The Balaban J connectivity index is 2.67. The molecule has 0 fully saturated rings. The van der Waals surface area contributed by atoms with Crippen LogP contribution in [0.3, 0.4) is 0 Å². The topological polar surface area (TPSA) is 101 Å². The summed E-state index contributed by atoms with van der Waals surface area (Å²) in [7, 11) is -4.17. The summed E-state index contributed by atoms with van der Waals surface area (Å²) < 4.78 is 34.3. The van der Waals surface area contributed by atoms with Crippen molar-refractivity contribution in [2.75, 3.05) is 12.4 Å². The number of hydrogen-bond donors (Lipinski definition) is 2. The normalized spacial score (nSPS) is 11.2. The molecular formula is C9H9BrO6S. The van der Waals surface area contributed by atoms with Crippen molar-refractivity contribution in [3.8, 4) is 5.75 Å². The minimum atomic E-state index is -4.17. The monoisotopic (exact) mass is 324 g/mol. The summed E-state index contributed by atoms with van der Waals surface area (Å²) in [5.41, 5.74) is -0.0882. The van der Waals surface area contributed by atoms with Gasteiger partial charge in [-0.2, -0.15) is 8.42 Å². The Morgan fingerprint density at radius 3 is 2.65 bits per heavy atom. The molecule has 2 N–H and O–H groups in total. The SMILES string of the molecule is O=C(OCCS(=O)(=O)O)c1cc(Br)ccc1O. The second-order valence-electron chi connectivity index (χ2n) is 3.08. The zero-order valence-corrected chi connectivity index (χ0v) is 10.9. The van der Waals surface area contributed by atoms with Gasteiger partial charge in [0.2, 0.25) is 0 Å². The third kappa shape index (κ3) is 4.72. The molecule has 0 aromatic heterocycles. The smallest absolute Gasteiger partial charge is 0.341 e. The lowest BCUT2D eigenvalue weighted by molar-refractivity contribution is 0.0525. The van der Waals surface area contributed by atoms with Gasteiger partial charge in [0.25, 0.3) is 10.1 Å². The zero-order chi connectivity index (χ0) is 13.1. The molecule has 17 heavy (non-hydrogen) atoms. The highest BCUT2D eigenvalue weighted by atomic mass is 79.9. The third-order valence-corrected chi connectivity index (χ3v) is 2.93. The van der Waals surface area contributed by atoms with E-state index < -0.39 is 28.4 Å². The lowest BCUT2D eigenvalue weighted by atomic mass is 10.2. The van der Waals surface area contributed by atoms with Gasteiger partial charge in [0, 0.05) is 4.47 Å². The van der Waals surface area contributed by atoms with Crippen LogP contribution in [0.2, 0.25) is 0 Å². The van der Waals surface area contributed by atoms with Crippen molar-refractivity contribution in [3.63, 3.8) is 0 Å². The van der Waals surface area contributed by atoms with Gasteiger partial charge in [-0.25, -0.2) is 4.79 Å². The minimum absolute atomic E-state index is 0.0882. The van der Waals surface area contributed by atoms with Gasteiger partial charge in [0.15, 0.2) is 0 Å². The van der Waals surface area contributed by atoms with E-state index in [1.54, 1.807) is 0 Å². The summed E-state index contributed by atoms with van der Waals surface area (Å²) in [5.74, 6) is -1.83. The molecule has 94 valence electrons. The number of carbonyl (C=O) groups is 1. The molecule has 1 rings (SSSR count). The van der Waals surface area contributed by atoms with Gasteiger partial charge in [-0.15, -0.1) is 0 Å². The summed E-state index contributed by atoms with van der Waals surface area (Å²) in [5, 5.41) is 9.38. The van der Waals surface area contributed by atoms with Crippen LogP contribution in [0.5, 0.6) is 5.75 Å². The van der Waals surface area contributed by atoms with Crippen LogP contribution in [0, 0.1) is 0 Å². The number of benzene rings is 1. The number of phenolic OH excluding ortho intramolecular Hbond substituents is 1. The quantitative estimate of drug-likeness (QED) is 0.637. The van der Waals surface area contributed by atoms with Gasteiger partial charge in [-0.3, -0.25) is 4.55 Å². The fourth-order valence-electron chi connectivity index (χ4n) is 0.989. The van der Waals surface area contributed by atoms with E-state index in [4.69, 9.17) is 4.55 Å². The van der Waals surface area contributed by atoms with Crippen LogP contribution in [0.15, 0.2) is 22.7 Å². The highest BCUT2D eigenvalue weighted by Gasteiger charge is 2.14. The maximum Gasteiger partial charge on any atom is 0.341 e. The number of ether oxygens (including phenoxy) is 1. The van der Waals surface area contributed by atoms with E-state index in [1.165, 1.54) is 18.2 Å². The maximum atomic E-state index is 11.4. The third-order valence-electron chi connectivity index (χ3n) is 1.75. The van der Waals surface area contributed by atoms with E-state index in [2.05, 4.69) is 20.7 Å². The van der Waals surface area contributed by atoms with Crippen LogP contribution in [0.25, 0.3) is 0 Å². The van der Waals surface area contributed by atoms with Crippen molar-refractivity contribution in [3.05, 3.63) is 28.2 Å². The van der Waals surface area contributed by atoms with Gasteiger partial charge < -0.3 is 9.84 Å². The molecule has 0 saturated heterocycles. The van der Waals surface area contributed by atoms with Crippen LogP contribution in [-0.4, -0.2) is 36.4 Å². The molecule has 0 aliphatic heterocycles. The fourth-order valence-corrected chi connectivity index (χ4v) is 1.64. The molecule has 0 bridgehead atoms. The number of carbonyl (C=O) groups excluding carboxylic acids is 1. The largest absolute Gasteiger partial charge is 0.507 e. The van der Waals surface area contributed by atoms with Crippen molar-refractivity contribution >= 4 is 32.0 Å². The van der Waals surface area contributed by atoms with Crippen molar-refractivity contribution < 1.29 is 27.6 Å². The molecule has 0 saturated carbocycles. The van der Waals surface area contributed by atoms with Gasteiger partial charge in [0.05, 0.1) is 0 Å². The Kier molecular flexibility index (Phi) is 4.49. The van der Waals surface area contributed by atoms with Crippen LogP contribution >= 0.6 is 15.9 Å². The molecule has 0 unspecified atom stereocenters. The predicted molar refractivity (Wildman–Crippen MR) is 62.5 cm³/mol. The molecule has 0 amide bonds. The summed E-state index contributed by atoms with van der Waals surface area (Å²) in [6, 6.07) is 4.17. The standard InChI is InChI=1S/C9H9BrO6S/c10-6-1-2-8(11)7(5-6)9(12)16-3-4-17(13,14)15/h1-2,5,11H,3-4H2,(H,13,14,15). The van der Waals surface area contributed by atoms with Crippen molar-refractivity contribution in [1.29, 1.82) is 0 Å². The molecule has 8 heteroatoms. The van der Waals surface area contributed by atoms with Crippen molar-refractivity contribution in [1.82, 2.24) is 0 Å². The first-order valence-corrected chi connectivity index (χ1v) is 6.80. The fraction of sp³-hybridized carbons (Fsp3) is 0.222. The van der Waals surface area contributed by atoms with Crippen molar-refractivity contribution in [2.24, 2.45) is 0 Å². The molecule has 0 heterocycles. The van der Waals surface area contributed by atoms with Crippen LogP contribution in [0.1, 0.15) is 10.4 Å². The van der Waals surface area contributed by atoms with E-state index in [0.29, 0.717) is 4.47 Å². The highest BCUT2D eigenvalue weighted by molar-refractivity contribution is 9.10. The maximum absolute atomic E-state index is 11.4. The second kappa shape index (κ2) is 5.48. The van der Waals surface area contributed by atoms with Gasteiger partial charge in [0.1, 0.15) is 23.7 Å². The Bertz CT molecular complexity index is 524. The Morgan fingerprint density at radius 1 is 1.41 bits per heavy atom. The van der Waals surface area contributed by atoms with E-state index in [0.717, 1.165) is 0 Å². The Morgan fingerprint density at radius 2 is 2.06 bits per heavy atom. The van der Waals surface area contributed by atoms with E-state index in [-0.39, 0.29) is 11.3 Å². The van der Waals surface area contributed by atoms with Crippen LogP contribution in [-0.2, 0) is 14.9 Å². The summed E-state index contributed by atoms with van der Waals surface area (Å²) in [6.45, 7) is -0.483. The van der Waals surface area contributed by atoms with Crippen LogP contribution < -0.4 is 0 Å². The minimum Gasteiger partial charge on any atom is -0.507 e. The molecule has 0 aliphatic carbocycles. The van der Waals surface area contributed by atoms with Gasteiger partial charge >= 0.3 is 5.97 Å². The zero-order valence-electron chi connectivity index (χ0n) is 8.46. The van der Waals surface area contributed by atoms with Crippen molar-refractivity contribution in [2.45, 2.75) is 0 Å². The molecule has 1 aromatic rings. The van der Waals surface area contributed by atoms with Gasteiger partial charge in [-0.1, -0.05) is 15.9 Å². The number of halogens is 1. The van der Waals surface area contributed by atoms with Gasteiger partial charge in [-0.05, 0) is 18.2 Å². The average molecular weight is 325 g/mol. The van der Waals surface area contributed by atoms with Crippen LogP contribution in [0.4, 0.5) is 0 Å². The second-order valence-corrected chi connectivity index (χ2v) is 5.57. The Labute approximate surface area is 106 Å². The lowest BCUT2D eigenvalue weighted by Gasteiger charge is -2.05. The molecule has 0 radical (unpaired) electrons. The number of phenols is 1. The van der Waals surface area contributed by atoms with E-state index in [1.807, 2.05) is 0 Å². The first-order chi connectivity index (χ1) is 7.79. The van der Waals surface area contributed by atoms with E-state index in [9.17, 15) is 18.3 Å².